The van der Waals surface area contributed by atoms with Crippen LogP contribution in [0.2, 0.25) is 0 Å². The Kier molecular flexibility index (Phi) is 4.18. The zero-order valence-corrected chi connectivity index (χ0v) is 11.5. The molecule has 3 nitrogen and oxygen atoms in total. The van der Waals surface area contributed by atoms with Gasteiger partial charge in [-0.3, -0.25) is 0 Å². The van der Waals surface area contributed by atoms with Crippen molar-refractivity contribution in [2.24, 2.45) is 0 Å². The smallest absolute Gasteiger partial charge is 0.134 e. The van der Waals surface area contributed by atoms with Gasteiger partial charge in [-0.15, -0.1) is 0 Å². The molecule has 1 aromatic heterocycles. The fraction of sp³-hybridized carbons (Fsp3) is 0.188. The standard InChI is InChI=1S/C16H19N3/c1-14(18(2)3)19(16-11-7-8-12-17-16)13-15-9-5-4-6-10-15/h4-12H,1,13H2,2-3H3. The van der Waals surface area contributed by atoms with E-state index in [0.29, 0.717) is 0 Å². The van der Waals surface area contributed by atoms with Gasteiger partial charge in [0.15, 0.2) is 0 Å². The fourth-order valence-electron chi connectivity index (χ4n) is 1.83. The maximum Gasteiger partial charge on any atom is 0.134 e. The zero-order chi connectivity index (χ0) is 13.7. The lowest BCUT2D eigenvalue weighted by Gasteiger charge is -2.30. The van der Waals surface area contributed by atoms with E-state index in [9.17, 15) is 0 Å². The summed E-state index contributed by atoms with van der Waals surface area (Å²) < 4.78 is 0. The number of hydrogen-bond acceptors (Lipinski definition) is 3. The molecule has 0 aliphatic heterocycles. The van der Waals surface area contributed by atoms with Crippen LogP contribution >= 0.6 is 0 Å². The number of aromatic nitrogens is 1. The van der Waals surface area contributed by atoms with E-state index >= 15 is 0 Å². The third-order valence-electron chi connectivity index (χ3n) is 2.94. The van der Waals surface area contributed by atoms with Crippen molar-refractivity contribution >= 4 is 5.82 Å². The number of nitrogens with zero attached hydrogens (tertiary/aromatic N) is 3. The van der Waals surface area contributed by atoms with Crippen LogP contribution in [0.25, 0.3) is 0 Å². The molecule has 0 saturated heterocycles. The van der Waals surface area contributed by atoms with Gasteiger partial charge >= 0.3 is 0 Å². The predicted molar refractivity (Wildman–Crippen MR) is 79.7 cm³/mol. The molecule has 0 N–H and O–H groups in total. The van der Waals surface area contributed by atoms with E-state index in [1.807, 2.05) is 55.4 Å². The summed E-state index contributed by atoms with van der Waals surface area (Å²) >= 11 is 0. The lowest BCUT2D eigenvalue weighted by molar-refractivity contribution is 0.487. The quantitative estimate of drug-likeness (QED) is 0.816. The summed E-state index contributed by atoms with van der Waals surface area (Å²) in [5.74, 6) is 1.83. The van der Waals surface area contributed by atoms with Crippen molar-refractivity contribution < 1.29 is 0 Å². The van der Waals surface area contributed by atoms with E-state index in [4.69, 9.17) is 0 Å². The molecule has 3 heteroatoms. The summed E-state index contributed by atoms with van der Waals surface area (Å²) in [5.41, 5.74) is 1.23. The fourth-order valence-corrected chi connectivity index (χ4v) is 1.83. The summed E-state index contributed by atoms with van der Waals surface area (Å²) in [4.78, 5) is 8.52. The maximum atomic E-state index is 4.42. The highest BCUT2D eigenvalue weighted by Gasteiger charge is 2.13. The molecule has 98 valence electrons. The number of hydrogen-bond donors (Lipinski definition) is 0. The van der Waals surface area contributed by atoms with Crippen molar-refractivity contribution in [1.82, 2.24) is 9.88 Å². The van der Waals surface area contributed by atoms with Gasteiger partial charge < -0.3 is 9.80 Å². The Morgan fingerprint density at radius 3 is 2.32 bits per heavy atom. The average molecular weight is 253 g/mol. The summed E-state index contributed by atoms with van der Waals surface area (Å²) in [6.45, 7) is 4.90. The second kappa shape index (κ2) is 6.05. The van der Waals surface area contributed by atoms with Gasteiger partial charge in [0.05, 0.1) is 6.54 Å². The number of anilines is 1. The van der Waals surface area contributed by atoms with Crippen molar-refractivity contribution in [3.63, 3.8) is 0 Å². The highest BCUT2D eigenvalue weighted by molar-refractivity contribution is 5.45. The Morgan fingerprint density at radius 2 is 1.74 bits per heavy atom. The van der Waals surface area contributed by atoms with Crippen LogP contribution in [0.15, 0.2) is 67.1 Å². The minimum atomic E-state index is 0.759. The lowest BCUT2D eigenvalue weighted by atomic mass is 10.2. The Balaban J connectivity index is 2.28. The Bertz CT molecular complexity index is 520. The monoisotopic (exact) mass is 253 g/mol. The van der Waals surface area contributed by atoms with Crippen molar-refractivity contribution in [1.29, 1.82) is 0 Å². The minimum Gasteiger partial charge on any atom is -0.365 e. The summed E-state index contributed by atoms with van der Waals surface area (Å²) in [7, 11) is 3.98. The largest absolute Gasteiger partial charge is 0.365 e. The van der Waals surface area contributed by atoms with Crippen LogP contribution in [0.1, 0.15) is 5.56 Å². The molecule has 0 radical (unpaired) electrons. The molecule has 0 atom stereocenters. The third-order valence-corrected chi connectivity index (χ3v) is 2.94. The predicted octanol–water partition coefficient (Wildman–Crippen LogP) is 3.12. The van der Waals surface area contributed by atoms with Gasteiger partial charge in [-0.05, 0) is 17.7 Å². The van der Waals surface area contributed by atoms with Crippen molar-refractivity contribution in [2.45, 2.75) is 6.54 Å². The molecule has 0 saturated carbocycles. The van der Waals surface area contributed by atoms with Crippen molar-refractivity contribution in [3.05, 3.63) is 72.7 Å². The molecule has 0 fully saturated rings. The van der Waals surface area contributed by atoms with Crippen LogP contribution in [0.3, 0.4) is 0 Å². The van der Waals surface area contributed by atoms with Crippen LogP contribution in [0.4, 0.5) is 5.82 Å². The van der Waals surface area contributed by atoms with Gasteiger partial charge in [0, 0.05) is 20.3 Å². The van der Waals surface area contributed by atoms with E-state index in [0.717, 1.165) is 18.2 Å². The number of benzene rings is 1. The number of pyridine rings is 1. The van der Waals surface area contributed by atoms with Crippen molar-refractivity contribution in [3.8, 4) is 0 Å². The first-order valence-corrected chi connectivity index (χ1v) is 6.27. The van der Waals surface area contributed by atoms with E-state index in [1.165, 1.54) is 5.56 Å². The van der Waals surface area contributed by atoms with E-state index in [2.05, 4.69) is 28.6 Å². The molecule has 0 aliphatic rings. The molecule has 0 unspecified atom stereocenters. The van der Waals surface area contributed by atoms with E-state index < -0.39 is 0 Å². The molecule has 19 heavy (non-hydrogen) atoms. The highest BCUT2D eigenvalue weighted by atomic mass is 15.3. The first-order valence-electron chi connectivity index (χ1n) is 6.27. The molecule has 2 aromatic rings. The Morgan fingerprint density at radius 1 is 1.05 bits per heavy atom. The topological polar surface area (TPSA) is 19.4 Å². The molecule has 0 bridgehead atoms. The molecule has 1 aromatic carbocycles. The second-order valence-corrected chi connectivity index (χ2v) is 4.57. The Labute approximate surface area is 114 Å². The SMILES string of the molecule is C=C(N(C)C)N(Cc1ccccc1)c1ccccn1. The summed E-state index contributed by atoms with van der Waals surface area (Å²) in [5, 5.41) is 0. The van der Waals surface area contributed by atoms with E-state index in [-0.39, 0.29) is 0 Å². The molecular formula is C16H19N3. The van der Waals surface area contributed by atoms with Crippen LogP contribution in [-0.2, 0) is 6.54 Å². The first kappa shape index (κ1) is 13.1. The molecule has 2 rings (SSSR count). The Hall–Kier alpha value is -2.29. The van der Waals surface area contributed by atoms with Gasteiger partial charge in [-0.2, -0.15) is 0 Å². The van der Waals surface area contributed by atoms with Crippen molar-refractivity contribution in [2.75, 3.05) is 19.0 Å². The van der Waals surface area contributed by atoms with Gasteiger partial charge in [0.2, 0.25) is 0 Å². The summed E-state index contributed by atoms with van der Waals surface area (Å²) in [6, 6.07) is 16.2. The zero-order valence-electron chi connectivity index (χ0n) is 11.5. The molecule has 0 spiro atoms. The van der Waals surface area contributed by atoms with Gasteiger partial charge in [-0.25, -0.2) is 4.98 Å². The van der Waals surface area contributed by atoms with Gasteiger partial charge in [-0.1, -0.05) is 43.0 Å². The van der Waals surface area contributed by atoms with Gasteiger partial charge in [0.25, 0.3) is 0 Å². The van der Waals surface area contributed by atoms with E-state index in [1.54, 1.807) is 6.20 Å². The lowest BCUT2D eigenvalue weighted by Crippen LogP contribution is -2.30. The summed E-state index contributed by atoms with van der Waals surface area (Å²) in [6.07, 6.45) is 1.80. The molecule has 1 heterocycles. The molecular weight excluding hydrogens is 234 g/mol. The first-order chi connectivity index (χ1) is 9.18. The molecule has 0 aliphatic carbocycles. The van der Waals surface area contributed by atoms with Gasteiger partial charge in [0.1, 0.15) is 11.6 Å². The van der Waals surface area contributed by atoms with Crippen LogP contribution in [-0.4, -0.2) is 24.0 Å². The normalized spacial score (nSPS) is 10.0. The second-order valence-electron chi connectivity index (χ2n) is 4.57. The third kappa shape index (κ3) is 3.35. The number of rotatable bonds is 5. The highest BCUT2D eigenvalue weighted by Crippen LogP contribution is 2.19. The van der Waals surface area contributed by atoms with Crippen LogP contribution in [0.5, 0.6) is 0 Å². The van der Waals surface area contributed by atoms with Crippen LogP contribution in [0, 0.1) is 0 Å². The maximum absolute atomic E-state index is 4.42. The minimum absolute atomic E-state index is 0.759. The molecule has 0 amide bonds. The average Bonchev–Trinajstić information content (AvgIpc) is 2.46. The van der Waals surface area contributed by atoms with Crippen LogP contribution < -0.4 is 4.90 Å².